The molecule has 5 nitrogen and oxygen atoms in total. The Morgan fingerprint density at radius 2 is 1.79 bits per heavy atom. The topological polar surface area (TPSA) is 56.8 Å². The molecule has 14 heavy (non-hydrogen) atoms. The van der Waals surface area contributed by atoms with Crippen LogP contribution in [0.1, 0.15) is 19.3 Å². The monoisotopic (exact) mass is 225 g/mol. The van der Waals surface area contributed by atoms with Crippen molar-refractivity contribution in [1.82, 2.24) is 5.32 Å². The van der Waals surface area contributed by atoms with Gasteiger partial charge in [-0.15, -0.1) is 0 Å². The number of hydrogen-bond donors (Lipinski definition) is 1. The zero-order chi connectivity index (χ0) is 10.9. The van der Waals surface area contributed by atoms with Crippen LogP contribution in [0.15, 0.2) is 0 Å². The Morgan fingerprint density at radius 1 is 1.14 bits per heavy atom. The van der Waals surface area contributed by atoms with Gasteiger partial charge in [-0.25, -0.2) is 4.57 Å². The average Bonchev–Trinajstić information content (AvgIpc) is 2.23. The Balaban J connectivity index is 3.39. The fraction of sp³-hybridized carbons (Fsp3) is 1.00. The van der Waals surface area contributed by atoms with Gasteiger partial charge in [-0.05, 0) is 32.9 Å². The van der Waals surface area contributed by atoms with E-state index >= 15 is 0 Å². The number of hydrogen-bond acceptors (Lipinski definition) is 5. The van der Waals surface area contributed by atoms with Gasteiger partial charge in [0.25, 0.3) is 0 Å². The van der Waals surface area contributed by atoms with Gasteiger partial charge >= 0.3 is 7.82 Å². The van der Waals surface area contributed by atoms with E-state index in [1.807, 2.05) is 7.05 Å². The van der Waals surface area contributed by atoms with Crippen LogP contribution in [0.3, 0.4) is 0 Å². The van der Waals surface area contributed by atoms with Crippen molar-refractivity contribution in [2.45, 2.75) is 19.3 Å². The molecule has 0 radical (unpaired) electrons. The first kappa shape index (κ1) is 14.1. The zero-order valence-corrected chi connectivity index (χ0v) is 10.0. The second-order valence-electron chi connectivity index (χ2n) is 2.81. The standard InChI is InChI=1S/C8H20NO4P/c1-9-7-5-4-6-8-13-14(10,11-2)12-3/h9H,4-8H2,1-3H3. The molecule has 0 atom stereocenters. The summed E-state index contributed by atoms with van der Waals surface area (Å²) in [6.07, 6.45) is 2.98. The molecule has 0 unspecified atom stereocenters. The molecular weight excluding hydrogens is 205 g/mol. The fourth-order valence-corrected chi connectivity index (χ4v) is 1.65. The third-order valence-corrected chi connectivity index (χ3v) is 3.16. The molecule has 86 valence electrons. The van der Waals surface area contributed by atoms with Crippen molar-refractivity contribution in [2.24, 2.45) is 0 Å². The number of phosphoric acid groups is 1. The zero-order valence-electron chi connectivity index (χ0n) is 9.12. The summed E-state index contributed by atoms with van der Waals surface area (Å²) >= 11 is 0. The van der Waals surface area contributed by atoms with Crippen LogP contribution >= 0.6 is 7.82 Å². The lowest BCUT2D eigenvalue weighted by Crippen LogP contribution is -2.07. The van der Waals surface area contributed by atoms with Gasteiger partial charge in [0.05, 0.1) is 6.61 Å². The van der Waals surface area contributed by atoms with E-state index in [0.29, 0.717) is 6.61 Å². The highest BCUT2D eigenvalue weighted by Gasteiger charge is 2.21. The summed E-state index contributed by atoms with van der Waals surface area (Å²) in [5.74, 6) is 0. The van der Waals surface area contributed by atoms with Crippen molar-refractivity contribution < 1.29 is 18.1 Å². The quantitative estimate of drug-likeness (QED) is 0.479. The van der Waals surface area contributed by atoms with Crippen molar-refractivity contribution in [3.8, 4) is 0 Å². The molecule has 0 saturated carbocycles. The summed E-state index contributed by atoms with van der Waals surface area (Å²) < 4.78 is 25.6. The van der Waals surface area contributed by atoms with E-state index < -0.39 is 7.82 Å². The fourth-order valence-electron chi connectivity index (χ4n) is 0.937. The molecule has 1 N–H and O–H groups in total. The van der Waals surface area contributed by atoms with Crippen LogP contribution in [0, 0.1) is 0 Å². The molecule has 0 aliphatic rings. The highest BCUT2D eigenvalue weighted by atomic mass is 31.2. The molecule has 6 heteroatoms. The van der Waals surface area contributed by atoms with Crippen molar-refractivity contribution >= 4 is 7.82 Å². The number of unbranched alkanes of at least 4 members (excludes halogenated alkanes) is 2. The van der Waals surface area contributed by atoms with E-state index in [0.717, 1.165) is 25.8 Å². The second kappa shape index (κ2) is 8.38. The van der Waals surface area contributed by atoms with Gasteiger partial charge in [0.1, 0.15) is 0 Å². The minimum absolute atomic E-state index is 0.405. The Labute approximate surface area is 85.7 Å². The lowest BCUT2D eigenvalue weighted by molar-refractivity contribution is 0.150. The molecule has 0 amide bonds. The highest BCUT2D eigenvalue weighted by Crippen LogP contribution is 2.47. The maximum atomic E-state index is 11.4. The Morgan fingerprint density at radius 3 is 2.29 bits per heavy atom. The summed E-state index contributed by atoms with van der Waals surface area (Å²) in [6, 6.07) is 0. The third kappa shape index (κ3) is 6.51. The van der Waals surface area contributed by atoms with Crippen LogP contribution in [-0.4, -0.2) is 34.4 Å². The van der Waals surface area contributed by atoms with Gasteiger partial charge in [0.2, 0.25) is 0 Å². The molecule has 0 aromatic rings. The van der Waals surface area contributed by atoms with Crippen molar-refractivity contribution in [2.75, 3.05) is 34.4 Å². The summed E-state index contributed by atoms with van der Waals surface area (Å²) in [5, 5.41) is 3.05. The van der Waals surface area contributed by atoms with Crippen LogP contribution < -0.4 is 5.32 Å². The lowest BCUT2D eigenvalue weighted by Gasteiger charge is -2.12. The molecule has 0 aliphatic carbocycles. The predicted molar refractivity (Wildman–Crippen MR) is 55.4 cm³/mol. The maximum absolute atomic E-state index is 11.4. The predicted octanol–water partition coefficient (Wildman–Crippen LogP) is 1.79. The molecule has 0 heterocycles. The lowest BCUT2D eigenvalue weighted by atomic mass is 10.2. The maximum Gasteiger partial charge on any atom is 0.474 e. The highest BCUT2D eigenvalue weighted by molar-refractivity contribution is 7.48. The Bertz CT molecular complexity index is 169. The SMILES string of the molecule is CNCCCCCOP(=O)(OC)OC. The first-order valence-corrected chi connectivity index (χ1v) is 6.15. The third-order valence-electron chi connectivity index (χ3n) is 1.77. The van der Waals surface area contributed by atoms with Crippen LogP contribution in [-0.2, 0) is 18.1 Å². The summed E-state index contributed by atoms with van der Waals surface area (Å²) in [4.78, 5) is 0. The summed E-state index contributed by atoms with van der Waals surface area (Å²) in [7, 11) is 1.29. The number of phosphoric ester groups is 1. The van der Waals surface area contributed by atoms with Crippen LogP contribution in [0.2, 0.25) is 0 Å². The molecule has 0 aliphatic heterocycles. The van der Waals surface area contributed by atoms with Crippen molar-refractivity contribution in [1.29, 1.82) is 0 Å². The van der Waals surface area contributed by atoms with E-state index in [1.54, 1.807) is 0 Å². The van der Waals surface area contributed by atoms with Crippen molar-refractivity contribution in [3.05, 3.63) is 0 Å². The largest absolute Gasteiger partial charge is 0.474 e. The smallest absolute Gasteiger partial charge is 0.320 e. The molecule has 0 aromatic carbocycles. The first-order chi connectivity index (χ1) is 6.68. The minimum Gasteiger partial charge on any atom is -0.320 e. The van der Waals surface area contributed by atoms with E-state index in [4.69, 9.17) is 4.52 Å². The summed E-state index contributed by atoms with van der Waals surface area (Å²) in [6.45, 7) is 1.40. The molecule has 0 fully saturated rings. The normalized spacial score (nSPS) is 11.9. The Hall–Kier alpha value is 0.0700. The van der Waals surface area contributed by atoms with E-state index in [-0.39, 0.29) is 0 Å². The number of nitrogens with one attached hydrogen (secondary N) is 1. The van der Waals surface area contributed by atoms with Crippen LogP contribution in [0.4, 0.5) is 0 Å². The molecular formula is C8H20NO4P. The van der Waals surface area contributed by atoms with Crippen LogP contribution in [0.25, 0.3) is 0 Å². The number of rotatable bonds is 9. The molecule has 0 spiro atoms. The first-order valence-electron chi connectivity index (χ1n) is 4.69. The van der Waals surface area contributed by atoms with E-state index in [1.165, 1.54) is 14.2 Å². The summed E-state index contributed by atoms with van der Waals surface area (Å²) in [5.41, 5.74) is 0. The minimum atomic E-state index is -3.25. The molecule has 0 rings (SSSR count). The molecule has 0 saturated heterocycles. The van der Waals surface area contributed by atoms with Gasteiger partial charge < -0.3 is 5.32 Å². The van der Waals surface area contributed by atoms with Gasteiger partial charge in [0.15, 0.2) is 0 Å². The van der Waals surface area contributed by atoms with Crippen LogP contribution in [0.5, 0.6) is 0 Å². The Kier molecular flexibility index (Phi) is 8.43. The van der Waals surface area contributed by atoms with Gasteiger partial charge in [-0.3, -0.25) is 13.6 Å². The average molecular weight is 225 g/mol. The molecule has 0 aromatic heterocycles. The second-order valence-corrected chi connectivity index (χ2v) is 4.69. The van der Waals surface area contributed by atoms with E-state index in [9.17, 15) is 4.57 Å². The van der Waals surface area contributed by atoms with Crippen molar-refractivity contribution in [3.63, 3.8) is 0 Å². The van der Waals surface area contributed by atoms with Gasteiger partial charge in [-0.2, -0.15) is 0 Å². The van der Waals surface area contributed by atoms with Gasteiger partial charge in [-0.1, -0.05) is 0 Å². The van der Waals surface area contributed by atoms with E-state index in [2.05, 4.69) is 14.4 Å². The molecule has 0 bridgehead atoms. The van der Waals surface area contributed by atoms with Gasteiger partial charge in [0, 0.05) is 14.2 Å².